The van der Waals surface area contributed by atoms with Gasteiger partial charge in [-0.3, -0.25) is 5.10 Å². The molecule has 0 amide bonds. The molecule has 6 rings (SSSR count). The van der Waals surface area contributed by atoms with Gasteiger partial charge >= 0.3 is 6.18 Å². The van der Waals surface area contributed by atoms with Crippen molar-refractivity contribution in [3.63, 3.8) is 0 Å². The Kier molecular flexibility index (Phi) is 3.97. The largest absolute Gasteiger partial charge is 0.410 e. The molecule has 2 N–H and O–H groups in total. The van der Waals surface area contributed by atoms with Crippen molar-refractivity contribution in [3.05, 3.63) is 53.4 Å². The molecule has 0 saturated heterocycles. The van der Waals surface area contributed by atoms with Gasteiger partial charge in [0.15, 0.2) is 17.3 Å². The molecule has 162 valence electrons. The van der Waals surface area contributed by atoms with Crippen molar-refractivity contribution < 1.29 is 13.2 Å². The molecule has 32 heavy (non-hydrogen) atoms. The zero-order valence-electron chi connectivity index (χ0n) is 16.0. The van der Waals surface area contributed by atoms with Crippen LogP contribution in [0.25, 0.3) is 28.2 Å². The number of benzene rings is 1. The van der Waals surface area contributed by atoms with Crippen LogP contribution in [0.1, 0.15) is 24.1 Å². The van der Waals surface area contributed by atoms with Crippen molar-refractivity contribution in [2.24, 2.45) is 0 Å². The standard InChI is InChI=1S/C19H13ClF3N9/c20-10-3-1-9(2-4-10)12-5-14(19(21,22)23)32-15(26-12)6-13(29-32)17-27-18-11-7-25-28-16(11)24-8-31(18)30-17/h1-4,6-8,12,14,26H,5H2,(H,25,28). The number of aromatic amines is 1. The molecule has 4 aromatic heterocycles. The van der Waals surface area contributed by atoms with Gasteiger partial charge in [0.2, 0.25) is 5.82 Å². The lowest BCUT2D eigenvalue weighted by Gasteiger charge is -2.33. The van der Waals surface area contributed by atoms with Gasteiger partial charge in [0.05, 0.1) is 17.6 Å². The molecule has 0 radical (unpaired) electrons. The van der Waals surface area contributed by atoms with Crippen molar-refractivity contribution >= 4 is 34.1 Å². The van der Waals surface area contributed by atoms with E-state index in [1.807, 2.05) is 0 Å². The number of hydrogen-bond acceptors (Lipinski definition) is 6. The van der Waals surface area contributed by atoms with Crippen LogP contribution in [0, 0.1) is 0 Å². The van der Waals surface area contributed by atoms with E-state index < -0.39 is 18.3 Å². The molecule has 2 atom stereocenters. The number of fused-ring (bicyclic) bond motifs is 4. The van der Waals surface area contributed by atoms with Crippen molar-refractivity contribution in [3.8, 4) is 11.5 Å². The summed E-state index contributed by atoms with van der Waals surface area (Å²) in [4.78, 5) is 8.63. The van der Waals surface area contributed by atoms with Gasteiger partial charge in [-0.1, -0.05) is 23.7 Å². The zero-order chi connectivity index (χ0) is 22.0. The number of anilines is 1. The molecule has 0 fully saturated rings. The lowest BCUT2D eigenvalue weighted by atomic mass is 9.97. The van der Waals surface area contributed by atoms with E-state index in [4.69, 9.17) is 11.6 Å². The van der Waals surface area contributed by atoms with E-state index >= 15 is 0 Å². The molecule has 0 aliphatic carbocycles. The van der Waals surface area contributed by atoms with Crippen LogP contribution in [-0.2, 0) is 0 Å². The van der Waals surface area contributed by atoms with E-state index in [1.165, 1.54) is 16.9 Å². The molecule has 13 heteroatoms. The van der Waals surface area contributed by atoms with Crippen LogP contribution in [0.3, 0.4) is 0 Å². The average molecular weight is 460 g/mol. The topological polar surface area (TPSA) is 102 Å². The van der Waals surface area contributed by atoms with Crippen molar-refractivity contribution in [1.82, 2.24) is 39.6 Å². The number of H-pyrrole nitrogens is 1. The predicted molar refractivity (Wildman–Crippen MR) is 109 cm³/mol. The first kappa shape index (κ1) is 19.0. The average Bonchev–Trinajstić information content (AvgIpc) is 3.48. The minimum atomic E-state index is -4.48. The van der Waals surface area contributed by atoms with Gasteiger partial charge in [-0.05, 0) is 17.7 Å². The summed E-state index contributed by atoms with van der Waals surface area (Å²) in [7, 11) is 0. The van der Waals surface area contributed by atoms with Crippen molar-refractivity contribution in [2.75, 3.05) is 5.32 Å². The minimum Gasteiger partial charge on any atom is -0.363 e. The summed E-state index contributed by atoms with van der Waals surface area (Å²) < 4.78 is 44.2. The summed E-state index contributed by atoms with van der Waals surface area (Å²) in [5.41, 5.74) is 1.94. The van der Waals surface area contributed by atoms with E-state index in [2.05, 4.69) is 35.7 Å². The maximum atomic E-state index is 13.9. The predicted octanol–water partition coefficient (Wildman–Crippen LogP) is 4.18. The van der Waals surface area contributed by atoms with Gasteiger partial charge in [0, 0.05) is 17.5 Å². The number of hydrogen-bond donors (Lipinski definition) is 2. The van der Waals surface area contributed by atoms with E-state index in [9.17, 15) is 13.2 Å². The third-order valence-corrected chi connectivity index (χ3v) is 5.73. The fourth-order valence-electron chi connectivity index (χ4n) is 3.95. The molecule has 0 bridgehead atoms. The lowest BCUT2D eigenvalue weighted by molar-refractivity contribution is -0.173. The Morgan fingerprint density at radius 1 is 1.12 bits per heavy atom. The molecule has 5 aromatic rings. The Balaban J connectivity index is 1.44. The number of alkyl halides is 3. The number of nitrogens with one attached hydrogen (secondary N) is 2. The lowest BCUT2D eigenvalue weighted by Crippen LogP contribution is -2.35. The minimum absolute atomic E-state index is 0.188. The van der Waals surface area contributed by atoms with Crippen LogP contribution in [0.2, 0.25) is 5.02 Å². The van der Waals surface area contributed by atoms with E-state index in [1.54, 1.807) is 30.5 Å². The second-order valence-corrected chi connectivity index (χ2v) is 7.92. The second kappa shape index (κ2) is 6.66. The van der Waals surface area contributed by atoms with Crippen LogP contribution >= 0.6 is 11.6 Å². The second-order valence-electron chi connectivity index (χ2n) is 7.48. The van der Waals surface area contributed by atoms with Crippen molar-refractivity contribution in [1.29, 1.82) is 0 Å². The van der Waals surface area contributed by atoms with Gasteiger partial charge in [-0.2, -0.15) is 23.4 Å². The maximum absolute atomic E-state index is 13.9. The van der Waals surface area contributed by atoms with Crippen LogP contribution in [0.15, 0.2) is 42.9 Å². The van der Waals surface area contributed by atoms with E-state index in [0.29, 0.717) is 27.3 Å². The van der Waals surface area contributed by atoms with Gasteiger partial charge in [-0.25, -0.2) is 19.2 Å². The van der Waals surface area contributed by atoms with Gasteiger partial charge in [0.25, 0.3) is 0 Å². The molecular weight excluding hydrogens is 447 g/mol. The normalized spacial score (nSPS) is 18.8. The number of aromatic nitrogens is 8. The highest BCUT2D eigenvalue weighted by atomic mass is 35.5. The summed E-state index contributed by atoms with van der Waals surface area (Å²) in [5.74, 6) is 0.423. The van der Waals surface area contributed by atoms with E-state index in [-0.39, 0.29) is 23.8 Å². The fraction of sp³-hybridized carbons (Fsp3) is 0.211. The van der Waals surface area contributed by atoms with Gasteiger partial charge in [-0.15, -0.1) is 5.10 Å². The highest BCUT2D eigenvalue weighted by molar-refractivity contribution is 6.30. The highest BCUT2D eigenvalue weighted by Gasteiger charge is 2.46. The summed E-state index contributed by atoms with van der Waals surface area (Å²) in [5, 5.41) is 19.5. The first-order chi connectivity index (χ1) is 15.4. The summed E-state index contributed by atoms with van der Waals surface area (Å²) in [6, 6.07) is 5.91. The number of nitrogens with zero attached hydrogens (tertiary/aromatic N) is 7. The third-order valence-electron chi connectivity index (χ3n) is 5.48. The smallest absolute Gasteiger partial charge is 0.363 e. The maximum Gasteiger partial charge on any atom is 0.410 e. The van der Waals surface area contributed by atoms with Crippen LogP contribution in [-0.4, -0.2) is 45.7 Å². The van der Waals surface area contributed by atoms with Crippen LogP contribution in [0.4, 0.5) is 19.0 Å². The summed E-state index contributed by atoms with van der Waals surface area (Å²) in [6.07, 6.45) is -1.68. The quantitative estimate of drug-likeness (QED) is 0.410. The molecule has 9 nitrogen and oxygen atoms in total. The number of halogens is 4. The highest BCUT2D eigenvalue weighted by Crippen LogP contribution is 2.44. The first-order valence-corrected chi connectivity index (χ1v) is 9.98. The van der Waals surface area contributed by atoms with Gasteiger partial charge < -0.3 is 5.32 Å². The molecule has 1 aromatic carbocycles. The SMILES string of the molecule is FC(F)(F)C1CC(c2ccc(Cl)cc2)Nc2cc(-c3nc4c5cn[nH]c5ncn4n3)nn21. The zero-order valence-corrected chi connectivity index (χ0v) is 16.8. The molecule has 0 spiro atoms. The Bertz CT molecular complexity index is 1450. The molecular formula is C19H13ClF3N9. The fourth-order valence-corrected chi connectivity index (χ4v) is 4.07. The molecule has 1 aliphatic rings. The monoisotopic (exact) mass is 459 g/mol. The molecule has 5 heterocycles. The summed E-state index contributed by atoms with van der Waals surface area (Å²) >= 11 is 5.93. The molecule has 1 aliphatic heterocycles. The molecule has 0 saturated carbocycles. The van der Waals surface area contributed by atoms with Gasteiger partial charge in [0.1, 0.15) is 17.8 Å². The van der Waals surface area contributed by atoms with Crippen LogP contribution in [0.5, 0.6) is 0 Å². The number of rotatable bonds is 2. The van der Waals surface area contributed by atoms with E-state index in [0.717, 1.165) is 4.68 Å². The van der Waals surface area contributed by atoms with Crippen LogP contribution < -0.4 is 5.32 Å². The Labute approximate surface area is 182 Å². The Morgan fingerprint density at radius 2 is 1.94 bits per heavy atom. The Hall–Kier alpha value is -3.67. The Morgan fingerprint density at radius 3 is 2.72 bits per heavy atom. The molecule has 2 unspecified atom stereocenters. The third kappa shape index (κ3) is 2.98. The van der Waals surface area contributed by atoms with Crippen molar-refractivity contribution in [2.45, 2.75) is 24.7 Å². The first-order valence-electron chi connectivity index (χ1n) is 9.60. The summed E-state index contributed by atoms with van der Waals surface area (Å²) in [6.45, 7) is 0.